The summed E-state index contributed by atoms with van der Waals surface area (Å²) in [7, 11) is 0.750. The van der Waals surface area contributed by atoms with Crippen molar-refractivity contribution < 1.29 is 15.3 Å². The van der Waals surface area contributed by atoms with E-state index in [1.54, 1.807) is 0 Å². The number of rotatable bonds is 4. The summed E-state index contributed by atoms with van der Waals surface area (Å²) < 4.78 is 0. The van der Waals surface area contributed by atoms with Crippen molar-refractivity contribution in [3.8, 4) is 0 Å². The molecule has 0 N–H and O–H groups in total. The molecule has 0 spiro atoms. The molecular weight excluding hydrogens is 704 g/mol. The van der Waals surface area contributed by atoms with Crippen LogP contribution in [-0.4, -0.2) is 64.5 Å². The molecule has 0 aliphatic heterocycles. The summed E-state index contributed by atoms with van der Waals surface area (Å²) in [6.45, 7) is 0. The molecule has 4 heterocycles. The van der Waals surface area contributed by atoms with E-state index in [1.807, 2.05) is 49.6 Å². The minimum atomic E-state index is -1.75. The summed E-state index contributed by atoms with van der Waals surface area (Å²) in [5, 5.41) is 37.8. The summed E-state index contributed by atoms with van der Waals surface area (Å²) in [5.74, 6) is 1.47. The normalized spacial score (nSPS) is 18.4. The Hall–Kier alpha value is -4.12. The van der Waals surface area contributed by atoms with Gasteiger partial charge in [-0.05, 0) is 94.5 Å². The van der Waals surface area contributed by atoms with Crippen molar-refractivity contribution in [2.45, 2.75) is 23.7 Å². The van der Waals surface area contributed by atoms with Crippen molar-refractivity contribution in [2.75, 3.05) is 7.11 Å². The largest absolute Gasteiger partial charge is 0.857 e. The monoisotopic (exact) mass is 727 g/mol. The molecule has 0 unspecified atom stereocenters. The van der Waals surface area contributed by atoms with Gasteiger partial charge in [0.25, 0.3) is 0 Å². The molecule has 1 saturated carbocycles. The number of pyridine rings is 4. The van der Waals surface area contributed by atoms with Gasteiger partial charge in [-0.25, -0.2) is 0 Å². The fourth-order valence-electron chi connectivity index (χ4n) is 4.75. The molecule has 14 heteroatoms. The van der Waals surface area contributed by atoms with Crippen LogP contribution in [0.4, 0.5) is 0 Å². The molecular formula is C25H23N6O7Pb-3. The van der Waals surface area contributed by atoms with E-state index in [2.05, 4.69) is 68.5 Å². The van der Waals surface area contributed by atoms with Crippen LogP contribution in [0.25, 0.3) is 0 Å². The van der Waals surface area contributed by atoms with E-state index in [1.165, 1.54) is 22.3 Å². The fourth-order valence-corrected chi connectivity index (χ4v) is 4.75. The molecule has 5 rings (SSSR count). The molecule has 13 nitrogen and oxygen atoms in total. The molecule has 0 amide bonds. The van der Waals surface area contributed by atoms with E-state index < -0.39 is 10.2 Å². The van der Waals surface area contributed by atoms with Crippen LogP contribution in [0.2, 0.25) is 0 Å². The molecule has 0 bridgehead atoms. The second-order valence-corrected chi connectivity index (χ2v) is 7.67. The van der Waals surface area contributed by atoms with Crippen LogP contribution in [0.3, 0.4) is 0 Å². The van der Waals surface area contributed by atoms with Gasteiger partial charge in [-0.3, -0.25) is 19.9 Å². The van der Waals surface area contributed by atoms with E-state index in [9.17, 15) is 0 Å². The smallest absolute Gasteiger partial charge is 0.0689 e. The van der Waals surface area contributed by atoms with Gasteiger partial charge in [-0.1, -0.05) is 0 Å². The molecule has 1 aliphatic rings. The summed E-state index contributed by atoms with van der Waals surface area (Å²) in [6, 6.07) is 17.2. The quantitative estimate of drug-likeness (QED) is 0.170. The minimum Gasteiger partial charge on any atom is -0.857 e. The molecule has 0 aromatic carbocycles. The molecule has 39 heavy (non-hydrogen) atoms. The Morgan fingerprint density at radius 3 is 0.718 bits per heavy atom. The SMILES string of the molecule is C[O-].O=[N+]([O-])[O-].O=[N+]([O-])[O-].[Pb].c1cc(C2C(c3ccncc3)C(c3ccncc3)C2c2ccncc2)ccn1. The van der Waals surface area contributed by atoms with Crippen LogP contribution in [0.5, 0.6) is 0 Å². The minimum absolute atomic E-state index is 0. The van der Waals surface area contributed by atoms with E-state index >= 15 is 0 Å². The van der Waals surface area contributed by atoms with Crippen molar-refractivity contribution in [1.82, 2.24) is 19.9 Å². The maximum absolute atomic E-state index is 8.25. The number of hydrogen-bond acceptors (Lipinski definition) is 11. The topological polar surface area (TPSA) is 207 Å². The summed E-state index contributed by atoms with van der Waals surface area (Å²) in [5.41, 5.74) is 5.29. The first-order chi connectivity index (χ1) is 18.4. The Morgan fingerprint density at radius 1 is 0.462 bits per heavy atom. The first-order valence-corrected chi connectivity index (χ1v) is 11.0. The molecule has 0 saturated heterocycles. The average Bonchev–Trinajstić information content (AvgIpc) is 2.91. The van der Waals surface area contributed by atoms with Crippen LogP contribution in [0.1, 0.15) is 45.9 Å². The van der Waals surface area contributed by atoms with Crippen molar-refractivity contribution in [1.29, 1.82) is 0 Å². The summed E-state index contributed by atoms with van der Waals surface area (Å²) in [6.07, 6.45) is 15.1. The molecule has 4 radical (unpaired) electrons. The van der Waals surface area contributed by atoms with Gasteiger partial charge in [0.15, 0.2) is 0 Å². The summed E-state index contributed by atoms with van der Waals surface area (Å²) >= 11 is 0. The van der Waals surface area contributed by atoms with Crippen LogP contribution in [-0.2, 0) is 0 Å². The van der Waals surface area contributed by atoms with E-state index in [-0.39, 0.29) is 27.3 Å². The molecule has 4 aromatic heterocycles. The first-order valence-electron chi connectivity index (χ1n) is 11.0. The fraction of sp³-hybridized carbons (Fsp3) is 0.200. The maximum atomic E-state index is 8.25. The third kappa shape index (κ3) is 9.60. The van der Waals surface area contributed by atoms with Gasteiger partial charge in [0.1, 0.15) is 0 Å². The summed E-state index contributed by atoms with van der Waals surface area (Å²) in [4.78, 5) is 33.4. The van der Waals surface area contributed by atoms with Gasteiger partial charge < -0.3 is 35.7 Å². The Labute approximate surface area is 243 Å². The second kappa shape index (κ2) is 17.4. The molecule has 4 aromatic rings. The number of aromatic nitrogens is 4. The van der Waals surface area contributed by atoms with Crippen molar-refractivity contribution >= 4 is 27.3 Å². The first kappa shape index (κ1) is 32.9. The average molecular weight is 727 g/mol. The van der Waals surface area contributed by atoms with Crippen LogP contribution >= 0.6 is 0 Å². The van der Waals surface area contributed by atoms with Crippen LogP contribution in [0.15, 0.2) is 98.1 Å². The Balaban J connectivity index is 0.000000606. The third-order valence-corrected chi connectivity index (χ3v) is 5.91. The van der Waals surface area contributed by atoms with Gasteiger partial charge >= 0.3 is 0 Å². The zero-order valence-electron chi connectivity index (χ0n) is 20.6. The zero-order valence-corrected chi connectivity index (χ0v) is 24.5. The van der Waals surface area contributed by atoms with Crippen LogP contribution < -0.4 is 5.11 Å². The Bertz CT molecular complexity index is 1040. The second-order valence-electron chi connectivity index (χ2n) is 7.67. The van der Waals surface area contributed by atoms with E-state index in [0.29, 0.717) is 23.7 Å². The molecule has 0 atom stereocenters. The van der Waals surface area contributed by atoms with Gasteiger partial charge in [0.2, 0.25) is 0 Å². The maximum Gasteiger partial charge on any atom is 0.0689 e. The van der Waals surface area contributed by atoms with E-state index in [4.69, 9.17) is 35.7 Å². The molecule has 1 aliphatic carbocycles. The molecule has 1 fully saturated rings. The van der Waals surface area contributed by atoms with E-state index in [0.717, 1.165) is 7.11 Å². The standard InChI is InChI=1S/C24H20N4.CH3O.2NO3.Pb/c1-9-25-10-2-17(1)21-22(18-3-11-26-12-4-18)24(20-7-15-28-16-8-20)23(21)19-5-13-27-14-6-19;1-2;2*2-1(3)4;/h1-16,21-24H;1H3;;;/q;3*-1;. The van der Waals surface area contributed by atoms with Gasteiger partial charge in [-0.2, -0.15) is 7.11 Å². The van der Waals surface area contributed by atoms with Gasteiger partial charge in [0, 0.05) is 76.9 Å². The molecule has 202 valence electrons. The zero-order chi connectivity index (χ0) is 27.9. The Morgan fingerprint density at radius 2 is 0.590 bits per heavy atom. The van der Waals surface area contributed by atoms with Gasteiger partial charge in [-0.15, -0.1) is 0 Å². The van der Waals surface area contributed by atoms with Crippen molar-refractivity contribution in [3.63, 3.8) is 0 Å². The Kier molecular flexibility index (Phi) is 14.7. The van der Waals surface area contributed by atoms with Crippen molar-refractivity contribution in [3.05, 3.63) is 151 Å². The number of hydrogen-bond donors (Lipinski definition) is 0. The predicted octanol–water partition coefficient (Wildman–Crippen LogP) is 2.83. The van der Waals surface area contributed by atoms with Crippen molar-refractivity contribution in [2.24, 2.45) is 0 Å². The van der Waals surface area contributed by atoms with Gasteiger partial charge in [0.05, 0.1) is 10.2 Å². The number of nitrogens with zero attached hydrogens (tertiary/aromatic N) is 6. The third-order valence-electron chi connectivity index (χ3n) is 5.91. The van der Waals surface area contributed by atoms with Crippen LogP contribution in [0, 0.1) is 30.6 Å². The predicted molar refractivity (Wildman–Crippen MR) is 140 cm³/mol.